The van der Waals surface area contributed by atoms with Crippen LogP contribution in [0.3, 0.4) is 0 Å². The van der Waals surface area contributed by atoms with Crippen LogP contribution in [0.15, 0.2) is 91.0 Å². The third-order valence-electron chi connectivity index (χ3n) is 5.38. The Kier molecular flexibility index (Phi) is 6.35. The Labute approximate surface area is 174 Å². The summed E-state index contributed by atoms with van der Waals surface area (Å²) in [5, 5.41) is 12.0. The number of carbonyl (C=O) groups is 1. The van der Waals surface area contributed by atoms with Crippen molar-refractivity contribution < 1.29 is 14.3 Å². The third-order valence-corrected chi connectivity index (χ3v) is 10.4. The molecule has 4 heteroatoms. The van der Waals surface area contributed by atoms with E-state index in [1.807, 2.05) is 66.7 Å². The highest BCUT2D eigenvalue weighted by atomic mass is 28.4. The van der Waals surface area contributed by atoms with Crippen molar-refractivity contribution in [1.29, 1.82) is 0 Å². The maximum absolute atomic E-state index is 12.1. The lowest BCUT2D eigenvalue weighted by Gasteiger charge is -2.43. The number of rotatable bonds is 7. The van der Waals surface area contributed by atoms with Gasteiger partial charge in [0.25, 0.3) is 8.32 Å². The zero-order valence-corrected chi connectivity index (χ0v) is 18.2. The number of carboxylic acids is 1. The molecule has 0 spiro atoms. The topological polar surface area (TPSA) is 46.5 Å². The summed E-state index contributed by atoms with van der Waals surface area (Å²) in [6.45, 7) is 6.71. The highest BCUT2D eigenvalue weighted by Crippen LogP contribution is 2.37. The molecule has 0 aliphatic heterocycles. The van der Waals surface area contributed by atoms with Crippen molar-refractivity contribution in [2.24, 2.45) is 0 Å². The Bertz CT molecular complexity index is 879. The zero-order chi connectivity index (χ0) is 20.9. The number of hydrogen-bond acceptors (Lipinski definition) is 2. The second kappa shape index (κ2) is 8.76. The SMILES string of the molecule is CC(C)(C)[Si](OCC(C(=O)O)c1ccccc1)(c1ccccc1)c1ccccc1. The molecule has 0 radical (unpaired) electrons. The molecule has 3 nitrogen and oxygen atoms in total. The first kappa shape index (κ1) is 21.0. The fourth-order valence-corrected chi connectivity index (χ4v) is 8.54. The average molecular weight is 405 g/mol. The summed E-state index contributed by atoms with van der Waals surface area (Å²) in [5.74, 6) is -1.58. The van der Waals surface area contributed by atoms with Crippen LogP contribution in [0.4, 0.5) is 0 Å². The van der Waals surface area contributed by atoms with Crippen LogP contribution in [-0.4, -0.2) is 26.0 Å². The van der Waals surface area contributed by atoms with Gasteiger partial charge >= 0.3 is 5.97 Å². The van der Waals surface area contributed by atoms with Gasteiger partial charge in [-0.2, -0.15) is 0 Å². The van der Waals surface area contributed by atoms with Crippen LogP contribution in [0.2, 0.25) is 5.04 Å². The fraction of sp³-hybridized carbons (Fsp3) is 0.240. The summed E-state index contributed by atoms with van der Waals surface area (Å²) >= 11 is 0. The Hall–Kier alpha value is -2.69. The highest BCUT2D eigenvalue weighted by Gasteiger charge is 2.50. The van der Waals surface area contributed by atoms with Gasteiger partial charge in [-0.1, -0.05) is 112 Å². The Balaban J connectivity index is 2.09. The maximum atomic E-state index is 12.1. The van der Waals surface area contributed by atoms with E-state index in [9.17, 15) is 9.90 Å². The molecule has 150 valence electrons. The minimum absolute atomic E-state index is 0.132. The number of carboxylic acid groups (broad SMARTS) is 1. The first-order valence-electron chi connectivity index (χ1n) is 9.89. The largest absolute Gasteiger partial charge is 0.481 e. The molecule has 29 heavy (non-hydrogen) atoms. The smallest absolute Gasteiger partial charge is 0.313 e. The lowest BCUT2D eigenvalue weighted by molar-refractivity contribution is -0.139. The first-order valence-corrected chi connectivity index (χ1v) is 11.8. The summed E-state index contributed by atoms with van der Waals surface area (Å²) in [6, 6.07) is 29.9. The number of benzene rings is 3. The molecule has 0 fully saturated rings. The standard InChI is InChI=1S/C25H28O3Si/c1-25(2,3)29(21-15-9-5-10-16-21,22-17-11-6-12-18-22)28-19-23(24(26)27)20-13-7-4-8-14-20/h4-18,23H,19H2,1-3H3,(H,26,27). The van der Waals surface area contributed by atoms with Crippen molar-refractivity contribution in [3.05, 3.63) is 96.6 Å². The summed E-state index contributed by atoms with van der Waals surface area (Å²) in [7, 11) is -2.75. The van der Waals surface area contributed by atoms with E-state index in [1.54, 1.807) is 0 Å². The van der Waals surface area contributed by atoms with Crippen molar-refractivity contribution in [1.82, 2.24) is 0 Å². The molecular weight excluding hydrogens is 376 g/mol. The van der Waals surface area contributed by atoms with Crippen LogP contribution in [0.5, 0.6) is 0 Å². The molecule has 0 heterocycles. The molecule has 0 aliphatic rings. The van der Waals surface area contributed by atoms with E-state index in [4.69, 9.17) is 4.43 Å². The molecule has 0 saturated heterocycles. The Morgan fingerprint density at radius 2 is 1.24 bits per heavy atom. The Morgan fingerprint density at radius 3 is 1.62 bits per heavy atom. The van der Waals surface area contributed by atoms with E-state index in [0.29, 0.717) is 0 Å². The van der Waals surface area contributed by atoms with E-state index in [2.05, 4.69) is 45.0 Å². The molecule has 0 bridgehead atoms. The van der Waals surface area contributed by atoms with Crippen molar-refractivity contribution in [3.63, 3.8) is 0 Å². The minimum Gasteiger partial charge on any atom is -0.481 e. The molecule has 1 unspecified atom stereocenters. The van der Waals surface area contributed by atoms with Crippen molar-refractivity contribution in [2.75, 3.05) is 6.61 Å². The predicted molar refractivity (Wildman–Crippen MR) is 120 cm³/mol. The van der Waals surface area contributed by atoms with Gasteiger partial charge in [0.05, 0.1) is 6.61 Å². The van der Waals surface area contributed by atoms with Gasteiger partial charge in [-0.05, 0) is 21.0 Å². The van der Waals surface area contributed by atoms with Crippen molar-refractivity contribution >= 4 is 24.7 Å². The van der Waals surface area contributed by atoms with Gasteiger partial charge in [-0.25, -0.2) is 0 Å². The summed E-state index contributed by atoms with van der Waals surface area (Å²) in [6.07, 6.45) is 0. The molecule has 0 amide bonds. The van der Waals surface area contributed by atoms with Gasteiger partial charge in [0.1, 0.15) is 5.92 Å². The van der Waals surface area contributed by atoms with Gasteiger partial charge in [-0.15, -0.1) is 0 Å². The van der Waals surface area contributed by atoms with E-state index in [1.165, 1.54) is 0 Å². The van der Waals surface area contributed by atoms with E-state index in [0.717, 1.165) is 15.9 Å². The Morgan fingerprint density at radius 1 is 0.828 bits per heavy atom. The van der Waals surface area contributed by atoms with E-state index < -0.39 is 20.2 Å². The van der Waals surface area contributed by atoms with Gasteiger partial charge < -0.3 is 9.53 Å². The molecule has 0 aliphatic carbocycles. The fourth-order valence-electron chi connectivity index (χ4n) is 3.97. The van der Waals surface area contributed by atoms with Crippen LogP contribution >= 0.6 is 0 Å². The molecule has 1 atom stereocenters. The highest BCUT2D eigenvalue weighted by molar-refractivity contribution is 6.99. The van der Waals surface area contributed by atoms with Gasteiger partial charge in [0, 0.05) is 0 Å². The number of aliphatic carboxylic acids is 1. The van der Waals surface area contributed by atoms with E-state index in [-0.39, 0.29) is 11.6 Å². The summed E-state index contributed by atoms with van der Waals surface area (Å²) < 4.78 is 6.80. The van der Waals surface area contributed by atoms with Crippen molar-refractivity contribution in [3.8, 4) is 0 Å². The van der Waals surface area contributed by atoms with Crippen LogP contribution in [-0.2, 0) is 9.22 Å². The molecular formula is C25H28O3Si. The van der Waals surface area contributed by atoms with Crippen LogP contribution < -0.4 is 10.4 Å². The minimum atomic E-state index is -2.75. The van der Waals surface area contributed by atoms with Crippen LogP contribution in [0.25, 0.3) is 0 Å². The lowest BCUT2D eigenvalue weighted by Crippen LogP contribution is -2.67. The van der Waals surface area contributed by atoms with Crippen molar-refractivity contribution in [2.45, 2.75) is 31.7 Å². The van der Waals surface area contributed by atoms with Gasteiger partial charge in [-0.3, -0.25) is 4.79 Å². The van der Waals surface area contributed by atoms with E-state index >= 15 is 0 Å². The van der Waals surface area contributed by atoms with Gasteiger partial charge in [0.2, 0.25) is 0 Å². The molecule has 0 aromatic heterocycles. The number of hydrogen-bond donors (Lipinski definition) is 1. The zero-order valence-electron chi connectivity index (χ0n) is 17.2. The van der Waals surface area contributed by atoms with Gasteiger partial charge in [0.15, 0.2) is 0 Å². The van der Waals surface area contributed by atoms with Crippen LogP contribution in [0, 0.1) is 0 Å². The average Bonchev–Trinajstić information content (AvgIpc) is 2.72. The molecule has 3 rings (SSSR count). The second-order valence-corrected chi connectivity index (χ2v) is 12.6. The predicted octanol–water partition coefficient (Wildman–Crippen LogP) is 4.43. The summed E-state index contributed by atoms with van der Waals surface area (Å²) in [4.78, 5) is 12.1. The molecule has 3 aromatic carbocycles. The summed E-state index contributed by atoms with van der Waals surface area (Å²) in [5.41, 5.74) is 0.762. The van der Waals surface area contributed by atoms with Crippen LogP contribution in [0.1, 0.15) is 32.3 Å². The lowest BCUT2D eigenvalue weighted by atomic mass is 10.0. The second-order valence-electron chi connectivity index (χ2n) is 8.28. The first-order chi connectivity index (χ1) is 13.9. The monoisotopic (exact) mass is 404 g/mol. The third kappa shape index (κ3) is 4.34. The quantitative estimate of drug-likeness (QED) is 0.593. The molecule has 3 aromatic rings. The molecule has 1 N–H and O–H groups in total. The maximum Gasteiger partial charge on any atom is 0.313 e. The normalized spacial score (nSPS) is 13.1. The molecule has 0 saturated carbocycles.